The molecule has 0 saturated heterocycles. The predicted molar refractivity (Wildman–Crippen MR) is 183 cm³/mol. The van der Waals surface area contributed by atoms with E-state index in [1.165, 1.54) is 0 Å². The Morgan fingerprint density at radius 2 is 1.06 bits per heavy atom. The monoisotopic (exact) mass is 708 g/mol. The first-order valence-electron chi connectivity index (χ1n) is 17.2. The van der Waals surface area contributed by atoms with E-state index in [1.807, 2.05) is 20.0 Å². The maximum absolute atomic E-state index is 12.8. The van der Waals surface area contributed by atoms with Crippen LogP contribution in [0.5, 0.6) is 0 Å². The smallest absolute Gasteiger partial charge is 0.334 e. The van der Waals surface area contributed by atoms with E-state index in [9.17, 15) is 19.2 Å². The van der Waals surface area contributed by atoms with Gasteiger partial charge in [0.25, 0.3) is 0 Å². The lowest BCUT2D eigenvalue weighted by atomic mass is 9.93. The molecule has 276 valence electrons. The molecular weight excluding hydrogens is 645 g/mol. The molecule has 0 spiro atoms. The van der Waals surface area contributed by atoms with Crippen LogP contribution in [0.3, 0.4) is 0 Å². The maximum atomic E-state index is 12.8. The topological polar surface area (TPSA) is 142 Å². The highest BCUT2D eigenvalue weighted by Crippen LogP contribution is 2.24. The lowest BCUT2D eigenvalue weighted by Gasteiger charge is -2.24. The molecule has 0 amide bonds. The van der Waals surface area contributed by atoms with E-state index in [2.05, 4.69) is 0 Å². The molecule has 0 aliphatic rings. The van der Waals surface area contributed by atoms with Crippen LogP contribution in [0.1, 0.15) is 105 Å². The zero-order valence-electron chi connectivity index (χ0n) is 30.8. The van der Waals surface area contributed by atoms with Gasteiger partial charge in [0.05, 0.1) is 24.7 Å². The van der Waals surface area contributed by atoms with Gasteiger partial charge in [0.15, 0.2) is 0 Å². The Labute approximate surface area is 285 Å². The molecule has 4 atom stereocenters. The second-order valence-corrected chi connectivity index (χ2v) is 19.6. The summed E-state index contributed by atoms with van der Waals surface area (Å²) in [6.07, 6.45) is 4.51. The molecule has 0 rings (SSSR count). The Morgan fingerprint density at radius 3 is 1.51 bits per heavy atom. The van der Waals surface area contributed by atoms with Crippen molar-refractivity contribution in [2.24, 2.45) is 5.92 Å². The fourth-order valence-corrected chi connectivity index (χ4v) is 7.95. The fraction of sp³-hybridized carbons (Fsp3) is 0.879. The molecule has 0 radical (unpaired) electrons. The van der Waals surface area contributed by atoms with Gasteiger partial charge in [-0.2, -0.15) is 0 Å². The van der Waals surface area contributed by atoms with Crippen LogP contribution in [-0.2, 0) is 55.8 Å². The minimum absolute atomic E-state index is 0.224. The Kier molecular flexibility index (Phi) is 24.2. The van der Waals surface area contributed by atoms with Crippen LogP contribution in [0.4, 0.5) is 0 Å². The number of hydrogen-bond acceptors (Lipinski definition) is 12. The second kappa shape index (κ2) is 25.2. The number of ether oxygens (including phenoxy) is 4. The third-order valence-corrected chi connectivity index (χ3v) is 14.4. The molecule has 0 saturated carbocycles. The van der Waals surface area contributed by atoms with Crippen LogP contribution in [0, 0.1) is 5.92 Å². The van der Waals surface area contributed by atoms with Gasteiger partial charge in [-0.25, -0.2) is 0 Å². The summed E-state index contributed by atoms with van der Waals surface area (Å²) in [4.78, 5) is 49.9. The minimum atomic E-state index is -2.17. The van der Waals surface area contributed by atoms with Crippen molar-refractivity contribution in [2.75, 3.05) is 35.0 Å². The van der Waals surface area contributed by atoms with E-state index in [1.54, 1.807) is 49.2 Å². The van der Waals surface area contributed by atoms with E-state index < -0.39 is 35.2 Å². The molecule has 47 heavy (non-hydrogen) atoms. The van der Waals surface area contributed by atoms with Gasteiger partial charge < -0.3 is 36.7 Å². The van der Waals surface area contributed by atoms with Crippen molar-refractivity contribution in [1.29, 1.82) is 0 Å². The molecule has 0 aromatic rings. The van der Waals surface area contributed by atoms with E-state index >= 15 is 0 Å². The summed E-state index contributed by atoms with van der Waals surface area (Å²) in [6.45, 7) is 11.3. The standard InChI is InChI=1S/C33H64O12Si2/c1-11-30(34)45-29(21-19-26(3)43-31(35)17-13-15-23-46(9,38-5)39-6)22-20-28(33(37)42-12-2)25-27(4)44-32(36)18-14-16-24-47(10,40-7)41-8/h26-29H,11-25H2,1-10H3. The van der Waals surface area contributed by atoms with Crippen molar-refractivity contribution in [1.82, 2.24) is 0 Å². The summed E-state index contributed by atoms with van der Waals surface area (Å²) in [5.74, 6) is -1.83. The predicted octanol–water partition coefficient (Wildman–Crippen LogP) is 6.37. The zero-order chi connectivity index (χ0) is 35.9. The number of unbranched alkanes of at least 4 members (excludes halogenated alkanes) is 2. The van der Waals surface area contributed by atoms with Gasteiger partial charge >= 0.3 is 41.0 Å². The summed E-state index contributed by atoms with van der Waals surface area (Å²) in [5, 5.41) is 0. The number of esters is 4. The van der Waals surface area contributed by atoms with Crippen LogP contribution < -0.4 is 0 Å². The number of hydrogen-bond donors (Lipinski definition) is 0. The van der Waals surface area contributed by atoms with Crippen molar-refractivity contribution < 1.29 is 55.8 Å². The second-order valence-electron chi connectivity index (χ2n) is 12.4. The Bertz CT molecular complexity index is 895. The van der Waals surface area contributed by atoms with Crippen LogP contribution in [-0.4, -0.2) is 94.4 Å². The number of rotatable bonds is 28. The van der Waals surface area contributed by atoms with E-state index in [4.69, 9.17) is 36.7 Å². The normalized spacial score (nSPS) is 14.5. The van der Waals surface area contributed by atoms with Crippen molar-refractivity contribution in [3.8, 4) is 0 Å². The highest BCUT2D eigenvalue weighted by molar-refractivity contribution is 6.66. The van der Waals surface area contributed by atoms with Crippen molar-refractivity contribution in [2.45, 2.75) is 148 Å². The Balaban J connectivity index is 4.98. The molecular formula is C33H64O12Si2. The van der Waals surface area contributed by atoms with E-state index in [0.717, 1.165) is 24.9 Å². The molecule has 4 unspecified atom stereocenters. The summed E-state index contributed by atoms with van der Waals surface area (Å²) < 4.78 is 44.2. The molecule has 12 nitrogen and oxygen atoms in total. The largest absolute Gasteiger partial charge is 0.466 e. The van der Waals surface area contributed by atoms with E-state index in [0.29, 0.717) is 51.4 Å². The van der Waals surface area contributed by atoms with Gasteiger partial charge in [-0.15, -0.1) is 0 Å². The van der Waals surface area contributed by atoms with Gasteiger partial charge in [-0.3, -0.25) is 19.2 Å². The van der Waals surface area contributed by atoms with Crippen LogP contribution in [0.2, 0.25) is 25.2 Å². The third-order valence-electron chi connectivity index (χ3n) is 8.47. The van der Waals surface area contributed by atoms with E-state index in [-0.39, 0.29) is 49.4 Å². The van der Waals surface area contributed by atoms with Gasteiger partial charge in [-0.1, -0.05) is 19.8 Å². The summed E-state index contributed by atoms with van der Waals surface area (Å²) >= 11 is 0. The molecule has 0 aromatic carbocycles. The quantitative estimate of drug-likeness (QED) is 0.0386. The third kappa shape index (κ3) is 21.0. The Morgan fingerprint density at radius 1 is 0.596 bits per heavy atom. The molecule has 0 aliphatic heterocycles. The molecule has 14 heteroatoms. The molecule has 0 N–H and O–H groups in total. The summed E-state index contributed by atoms with van der Waals surface area (Å²) in [6, 6.07) is 1.58. The molecule has 0 heterocycles. The van der Waals surface area contributed by atoms with Crippen molar-refractivity contribution in [3.63, 3.8) is 0 Å². The molecule has 0 aliphatic carbocycles. The van der Waals surface area contributed by atoms with Gasteiger partial charge in [0.2, 0.25) is 0 Å². The molecule has 0 aromatic heterocycles. The van der Waals surface area contributed by atoms with Gasteiger partial charge in [0, 0.05) is 47.7 Å². The van der Waals surface area contributed by atoms with Crippen LogP contribution in [0.15, 0.2) is 0 Å². The highest BCUT2D eigenvalue weighted by Gasteiger charge is 2.30. The van der Waals surface area contributed by atoms with Gasteiger partial charge in [-0.05, 0) is 90.9 Å². The van der Waals surface area contributed by atoms with Crippen molar-refractivity contribution in [3.05, 3.63) is 0 Å². The number of carbonyl (C=O) groups is 4. The van der Waals surface area contributed by atoms with Crippen LogP contribution in [0.25, 0.3) is 0 Å². The lowest BCUT2D eigenvalue weighted by Crippen LogP contribution is -2.35. The summed E-state index contributed by atoms with van der Waals surface area (Å²) in [5.41, 5.74) is 0. The van der Waals surface area contributed by atoms with Crippen molar-refractivity contribution >= 4 is 41.0 Å². The molecule has 0 fully saturated rings. The zero-order valence-corrected chi connectivity index (χ0v) is 32.8. The fourth-order valence-electron chi connectivity index (χ4n) is 5.01. The lowest BCUT2D eigenvalue weighted by molar-refractivity contribution is -0.156. The first-order valence-corrected chi connectivity index (χ1v) is 22.2. The Hall–Kier alpha value is -1.85. The van der Waals surface area contributed by atoms with Gasteiger partial charge in [0.1, 0.15) is 6.10 Å². The SMILES string of the molecule is CCOC(=O)C(CCC(CCC(C)OC(=O)CCCC[Si](C)(OC)OC)OC(=O)CC)CC(C)OC(=O)CCCC[Si](C)(OC)OC. The first kappa shape index (κ1) is 45.2. The average molecular weight is 709 g/mol. The number of carbonyl (C=O) groups excluding carboxylic acids is 4. The van der Waals surface area contributed by atoms with Crippen LogP contribution >= 0.6 is 0 Å². The summed E-state index contributed by atoms with van der Waals surface area (Å²) in [7, 11) is 2.27. The minimum Gasteiger partial charge on any atom is -0.466 e. The first-order chi connectivity index (χ1) is 22.2. The molecule has 0 bridgehead atoms. The average Bonchev–Trinajstić information content (AvgIpc) is 3.05. The highest BCUT2D eigenvalue weighted by atomic mass is 28.4. The maximum Gasteiger partial charge on any atom is 0.334 e.